The van der Waals surface area contributed by atoms with Crippen LogP contribution >= 0.6 is 0 Å². The maximum Gasteiger partial charge on any atom is 0.255 e. The van der Waals surface area contributed by atoms with E-state index < -0.39 is 0 Å². The molecule has 6 nitrogen and oxygen atoms in total. The van der Waals surface area contributed by atoms with Gasteiger partial charge in [-0.1, -0.05) is 60.7 Å². The molecule has 0 fully saturated rings. The summed E-state index contributed by atoms with van der Waals surface area (Å²) in [6.07, 6.45) is 4.33. The molecule has 2 aromatic heterocycles. The number of nitrogens with one attached hydrogen (secondary N) is 1. The number of aromatic nitrogens is 3. The van der Waals surface area contributed by atoms with Crippen molar-refractivity contribution in [2.75, 3.05) is 11.1 Å². The zero-order valence-electron chi connectivity index (χ0n) is 17.3. The zero-order chi connectivity index (χ0) is 21.9. The molecule has 0 aliphatic carbocycles. The lowest BCUT2D eigenvalue weighted by Crippen LogP contribution is -2.11. The van der Waals surface area contributed by atoms with E-state index in [2.05, 4.69) is 22.4 Å². The van der Waals surface area contributed by atoms with Crippen LogP contribution in [0.4, 0.5) is 11.5 Å². The van der Waals surface area contributed by atoms with Crippen molar-refractivity contribution in [2.24, 2.45) is 0 Å². The molecule has 3 N–H and O–H groups in total. The lowest BCUT2D eigenvalue weighted by Gasteiger charge is -2.10. The first-order valence-electron chi connectivity index (χ1n) is 10.3. The van der Waals surface area contributed by atoms with E-state index in [4.69, 9.17) is 10.7 Å². The topological polar surface area (TPSA) is 85.3 Å². The first-order valence-corrected chi connectivity index (χ1v) is 10.3. The molecule has 0 radical (unpaired) electrons. The summed E-state index contributed by atoms with van der Waals surface area (Å²) in [6.45, 7) is 0. The maximum atomic E-state index is 12.5. The molecule has 0 saturated carbocycles. The Bertz CT molecular complexity index is 1390. The van der Waals surface area contributed by atoms with Crippen LogP contribution in [0, 0.1) is 0 Å². The zero-order valence-corrected chi connectivity index (χ0v) is 17.3. The monoisotopic (exact) mass is 419 g/mol. The van der Waals surface area contributed by atoms with Crippen molar-refractivity contribution in [2.45, 2.75) is 6.42 Å². The number of nitrogen functional groups attached to an aromatic ring is 1. The minimum Gasteiger partial charge on any atom is -0.382 e. The maximum absolute atomic E-state index is 12.5. The van der Waals surface area contributed by atoms with Crippen LogP contribution in [0.3, 0.4) is 0 Å². The highest BCUT2D eigenvalue weighted by Crippen LogP contribution is 2.25. The third kappa shape index (κ3) is 4.06. The van der Waals surface area contributed by atoms with Crippen molar-refractivity contribution in [3.05, 3.63) is 114 Å². The predicted molar refractivity (Wildman–Crippen MR) is 126 cm³/mol. The second-order valence-corrected chi connectivity index (χ2v) is 7.53. The molecule has 0 atom stereocenters. The van der Waals surface area contributed by atoms with Gasteiger partial charge >= 0.3 is 0 Å². The molecular formula is C26H21N5O. The number of carbonyl (C=O) groups excluding carboxylic acids is 1. The van der Waals surface area contributed by atoms with E-state index in [1.807, 2.05) is 71.3 Å². The van der Waals surface area contributed by atoms with E-state index in [-0.39, 0.29) is 5.91 Å². The average Bonchev–Trinajstić information content (AvgIpc) is 3.21. The van der Waals surface area contributed by atoms with Crippen molar-refractivity contribution in [1.82, 2.24) is 14.4 Å². The molecule has 0 spiro atoms. The molecular weight excluding hydrogens is 398 g/mol. The number of amides is 1. The fourth-order valence-electron chi connectivity index (χ4n) is 3.68. The minimum absolute atomic E-state index is 0.154. The number of anilines is 2. The van der Waals surface area contributed by atoms with Crippen LogP contribution in [0.15, 0.2) is 97.3 Å². The SMILES string of the molecule is Nc1cn2cc(-c3cccc(NC(=O)c4ccccc4)c3)nc(Cc3ccccc3)c2n1. The number of hydrogen-bond acceptors (Lipinski definition) is 4. The van der Waals surface area contributed by atoms with Gasteiger partial charge in [0.1, 0.15) is 5.82 Å². The normalized spacial score (nSPS) is 10.9. The van der Waals surface area contributed by atoms with E-state index in [1.54, 1.807) is 18.3 Å². The number of hydrogen-bond donors (Lipinski definition) is 2. The Kier molecular flexibility index (Phi) is 5.09. The van der Waals surface area contributed by atoms with Crippen LogP contribution in [0.2, 0.25) is 0 Å². The van der Waals surface area contributed by atoms with E-state index in [0.717, 1.165) is 28.2 Å². The van der Waals surface area contributed by atoms with Gasteiger partial charge in [-0.05, 0) is 29.8 Å². The quantitative estimate of drug-likeness (QED) is 0.428. The van der Waals surface area contributed by atoms with E-state index in [1.165, 1.54) is 0 Å². The van der Waals surface area contributed by atoms with E-state index >= 15 is 0 Å². The summed E-state index contributed by atoms with van der Waals surface area (Å²) in [7, 11) is 0. The van der Waals surface area contributed by atoms with Gasteiger partial charge in [0.25, 0.3) is 5.91 Å². The second kappa shape index (κ2) is 8.35. The molecule has 32 heavy (non-hydrogen) atoms. The standard InChI is InChI=1S/C26H21N5O/c27-24-17-31-16-23(29-22(25(31)30-24)14-18-8-3-1-4-9-18)20-12-7-13-21(15-20)28-26(32)19-10-5-2-6-11-19/h1-13,15-17H,14,27H2,(H,28,32). The van der Waals surface area contributed by atoms with E-state index in [0.29, 0.717) is 23.5 Å². The van der Waals surface area contributed by atoms with Crippen molar-refractivity contribution >= 4 is 23.1 Å². The lowest BCUT2D eigenvalue weighted by molar-refractivity contribution is 0.102. The molecule has 5 aromatic rings. The highest BCUT2D eigenvalue weighted by molar-refractivity contribution is 6.04. The third-order valence-corrected chi connectivity index (χ3v) is 5.19. The van der Waals surface area contributed by atoms with Crippen molar-refractivity contribution < 1.29 is 4.79 Å². The van der Waals surface area contributed by atoms with Crippen molar-refractivity contribution in [3.63, 3.8) is 0 Å². The summed E-state index contributed by atoms with van der Waals surface area (Å²) in [5, 5.41) is 2.96. The number of carbonyl (C=O) groups is 1. The number of rotatable bonds is 5. The van der Waals surface area contributed by atoms with Crippen LogP contribution < -0.4 is 11.1 Å². The highest BCUT2D eigenvalue weighted by atomic mass is 16.1. The molecule has 1 amide bonds. The average molecular weight is 419 g/mol. The summed E-state index contributed by atoms with van der Waals surface area (Å²) >= 11 is 0. The number of nitrogens with zero attached hydrogens (tertiary/aromatic N) is 3. The van der Waals surface area contributed by atoms with Gasteiger partial charge in [0.05, 0.1) is 17.6 Å². The van der Waals surface area contributed by atoms with Gasteiger partial charge in [-0.2, -0.15) is 0 Å². The highest BCUT2D eigenvalue weighted by Gasteiger charge is 2.13. The van der Waals surface area contributed by atoms with E-state index in [9.17, 15) is 4.79 Å². The first-order chi connectivity index (χ1) is 15.7. The van der Waals surface area contributed by atoms with Gasteiger partial charge in [-0.25, -0.2) is 9.97 Å². The van der Waals surface area contributed by atoms with Gasteiger partial charge in [-0.3, -0.25) is 4.79 Å². The fraction of sp³-hybridized carbons (Fsp3) is 0.0385. The van der Waals surface area contributed by atoms with Gasteiger partial charge in [0, 0.05) is 29.4 Å². The Morgan fingerprint density at radius 1 is 0.875 bits per heavy atom. The van der Waals surface area contributed by atoms with Crippen LogP contribution in [-0.2, 0) is 6.42 Å². The molecule has 156 valence electrons. The molecule has 5 rings (SSSR count). The lowest BCUT2D eigenvalue weighted by atomic mass is 10.1. The van der Waals surface area contributed by atoms with Crippen LogP contribution in [0.25, 0.3) is 16.9 Å². The minimum atomic E-state index is -0.154. The largest absolute Gasteiger partial charge is 0.382 e. The van der Waals surface area contributed by atoms with Crippen molar-refractivity contribution in [3.8, 4) is 11.3 Å². The molecule has 6 heteroatoms. The summed E-state index contributed by atoms with van der Waals surface area (Å²) in [5.41, 5.74) is 11.7. The predicted octanol–water partition coefficient (Wildman–Crippen LogP) is 4.82. The third-order valence-electron chi connectivity index (χ3n) is 5.19. The van der Waals surface area contributed by atoms with Crippen LogP contribution in [0.5, 0.6) is 0 Å². The molecule has 2 heterocycles. The summed E-state index contributed by atoms with van der Waals surface area (Å²) < 4.78 is 1.91. The Morgan fingerprint density at radius 3 is 2.41 bits per heavy atom. The Labute approximate surface area is 185 Å². The Balaban J connectivity index is 1.50. The van der Waals surface area contributed by atoms with Gasteiger partial charge < -0.3 is 15.5 Å². The summed E-state index contributed by atoms with van der Waals surface area (Å²) in [5.74, 6) is 0.292. The van der Waals surface area contributed by atoms with Crippen molar-refractivity contribution in [1.29, 1.82) is 0 Å². The smallest absolute Gasteiger partial charge is 0.255 e. The van der Waals surface area contributed by atoms with Crippen LogP contribution in [-0.4, -0.2) is 20.3 Å². The van der Waals surface area contributed by atoms with Gasteiger partial charge in [0.15, 0.2) is 5.65 Å². The van der Waals surface area contributed by atoms with Crippen LogP contribution in [0.1, 0.15) is 21.6 Å². The molecule has 3 aromatic carbocycles. The number of benzene rings is 3. The molecule has 0 unspecified atom stereocenters. The second-order valence-electron chi connectivity index (χ2n) is 7.53. The van der Waals surface area contributed by atoms with Gasteiger partial charge in [0.2, 0.25) is 0 Å². The first kappa shape index (κ1) is 19.5. The summed E-state index contributed by atoms with van der Waals surface area (Å²) in [6, 6.07) is 26.9. The fourth-order valence-corrected chi connectivity index (χ4v) is 3.68. The number of fused-ring (bicyclic) bond motifs is 1. The molecule has 0 aliphatic rings. The molecule has 0 aliphatic heterocycles. The Morgan fingerprint density at radius 2 is 1.62 bits per heavy atom. The number of imidazole rings is 1. The number of nitrogens with two attached hydrogens (primary N) is 1. The summed E-state index contributed by atoms with van der Waals surface area (Å²) in [4.78, 5) is 21.9. The Hall–Kier alpha value is -4.45. The molecule has 0 saturated heterocycles. The van der Waals surface area contributed by atoms with Gasteiger partial charge in [-0.15, -0.1) is 0 Å². The molecule has 0 bridgehead atoms.